The van der Waals surface area contributed by atoms with E-state index in [1.165, 1.54) is 0 Å². The van der Waals surface area contributed by atoms with E-state index in [2.05, 4.69) is 5.32 Å². The number of nitrogens with zero attached hydrogens (tertiary/aromatic N) is 1. The van der Waals surface area contributed by atoms with Crippen molar-refractivity contribution in [1.82, 2.24) is 5.32 Å². The maximum absolute atomic E-state index is 11.7. The lowest BCUT2D eigenvalue weighted by Crippen LogP contribution is -2.34. The van der Waals surface area contributed by atoms with Gasteiger partial charge in [0.15, 0.2) is 11.5 Å². The maximum Gasteiger partial charge on any atom is 0.240 e. The summed E-state index contributed by atoms with van der Waals surface area (Å²) in [6, 6.07) is 5.50. The third kappa shape index (κ3) is 2.50. The summed E-state index contributed by atoms with van der Waals surface area (Å²) in [7, 11) is 3.49. The van der Waals surface area contributed by atoms with Crippen molar-refractivity contribution in [2.24, 2.45) is 0 Å². The molecule has 0 bridgehead atoms. The fourth-order valence-corrected chi connectivity index (χ4v) is 1.65. The minimum Gasteiger partial charge on any atom is -0.486 e. The molecule has 92 valence electrons. The molecule has 1 heterocycles. The summed E-state index contributed by atoms with van der Waals surface area (Å²) >= 11 is 0. The predicted octanol–water partition coefficient (Wildman–Crippen LogP) is 0.640. The molecule has 0 aliphatic carbocycles. The maximum atomic E-state index is 11.7. The molecule has 17 heavy (non-hydrogen) atoms. The molecule has 0 saturated carbocycles. The van der Waals surface area contributed by atoms with Crippen LogP contribution in [0.15, 0.2) is 18.2 Å². The van der Waals surface area contributed by atoms with Gasteiger partial charge in [0.1, 0.15) is 13.2 Å². The highest BCUT2D eigenvalue weighted by molar-refractivity contribution is 5.94. The average Bonchev–Trinajstić information content (AvgIpc) is 2.37. The first-order chi connectivity index (χ1) is 8.22. The van der Waals surface area contributed by atoms with Crippen molar-refractivity contribution < 1.29 is 14.3 Å². The molecular formula is C12H16N2O3. The van der Waals surface area contributed by atoms with Crippen molar-refractivity contribution >= 4 is 11.6 Å². The minimum absolute atomic E-state index is 0.00387. The highest BCUT2D eigenvalue weighted by Crippen LogP contribution is 2.33. The molecule has 0 fully saturated rings. The number of ether oxygens (including phenoxy) is 2. The van der Waals surface area contributed by atoms with Crippen LogP contribution in [-0.4, -0.2) is 39.8 Å². The predicted molar refractivity (Wildman–Crippen MR) is 64.8 cm³/mol. The number of hydrogen-bond donors (Lipinski definition) is 1. The second-order valence-electron chi connectivity index (χ2n) is 3.81. The zero-order valence-corrected chi connectivity index (χ0v) is 10.0. The molecular weight excluding hydrogens is 220 g/mol. The standard InChI is InChI=1S/C12H16N2O3/c1-13-8-12(15)14(2)9-3-4-10-11(7-9)17-6-5-16-10/h3-4,7,13H,5-6,8H2,1-2H3. The van der Waals surface area contributed by atoms with Gasteiger partial charge in [0.2, 0.25) is 5.91 Å². The summed E-state index contributed by atoms with van der Waals surface area (Å²) in [5.41, 5.74) is 0.800. The van der Waals surface area contributed by atoms with E-state index >= 15 is 0 Å². The number of rotatable bonds is 3. The van der Waals surface area contributed by atoms with Crippen molar-refractivity contribution in [3.8, 4) is 11.5 Å². The lowest BCUT2D eigenvalue weighted by atomic mass is 10.2. The quantitative estimate of drug-likeness (QED) is 0.836. The number of fused-ring (bicyclic) bond motifs is 1. The van der Waals surface area contributed by atoms with Crippen molar-refractivity contribution in [2.45, 2.75) is 0 Å². The zero-order valence-electron chi connectivity index (χ0n) is 10.0. The molecule has 5 nitrogen and oxygen atoms in total. The molecule has 1 aliphatic heterocycles. The van der Waals surface area contributed by atoms with E-state index in [4.69, 9.17) is 9.47 Å². The van der Waals surface area contributed by atoms with Crippen molar-refractivity contribution in [2.75, 3.05) is 38.8 Å². The smallest absolute Gasteiger partial charge is 0.240 e. The monoisotopic (exact) mass is 236 g/mol. The first-order valence-electron chi connectivity index (χ1n) is 5.53. The van der Waals surface area contributed by atoms with Gasteiger partial charge < -0.3 is 19.7 Å². The summed E-state index contributed by atoms with van der Waals surface area (Å²) < 4.78 is 10.9. The number of likely N-dealkylation sites (N-methyl/N-ethyl adjacent to an activating group) is 2. The number of hydrogen-bond acceptors (Lipinski definition) is 4. The molecule has 0 spiro atoms. The Morgan fingerprint density at radius 1 is 1.35 bits per heavy atom. The molecule has 1 amide bonds. The van der Waals surface area contributed by atoms with E-state index in [-0.39, 0.29) is 5.91 Å². The van der Waals surface area contributed by atoms with Crippen LogP contribution < -0.4 is 19.7 Å². The van der Waals surface area contributed by atoms with Crippen LogP contribution in [0.25, 0.3) is 0 Å². The molecule has 0 aromatic heterocycles. The summed E-state index contributed by atoms with van der Waals surface area (Å²) in [4.78, 5) is 13.3. The molecule has 1 aromatic carbocycles. The summed E-state index contributed by atoms with van der Waals surface area (Å²) in [6.45, 7) is 1.43. The second kappa shape index (κ2) is 5.05. The van der Waals surface area contributed by atoms with Crippen LogP contribution in [0, 0.1) is 0 Å². The van der Waals surface area contributed by atoms with Crippen molar-refractivity contribution in [3.63, 3.8) is 0 Å². The van der Waals surface area contributed by atoms with E-state index in [0.717, 1.165) is 11.4 Å². The number of carbonyl (C=O) groups is 1. The third-order valence-electron chi connectivity index (χ3n) is 2.62. The molecule has 1 N–H and O–H groups in total. The molecule has 0 atom stereocenters. The van der Waals surface area contributed by atoms with Crippen LogP contribution in [0.2, 0.25) is 0 Å². The van der Waals surface area contributed by atoms with Gasteiger partial charge in [-0.15, -0.1) is 0 Å². The highest BCUT2D eigenvalue weighted by Gasteiger charge is 2.15. The first-order valence-corrected chi connectivity index (χ1v) is 5.53. The Morgan fingerprint density at radius 2 is 2.06 bits per heavy atom. The number of carbonyl (C=O) groups excluding carboxylic acids is 1. The van der Waals surface area contributed by atoms with Gasteiger partial charge in [0, 0.05) is 18.8 Å². The molecule has 1 aromatic rings. The van der Waals surface area contributed by atoms with Crippen LogP contribution in [0.1, 0.15) is 0 Å². The van der Waals surface area contributed by atoms with Gasteiger partial charge in [-0.05, 0) is 19.2 Å². The Kier molecular flexibility index (Phi) is 3.49. The number of anilines is 1. The fraction of sp³-hybridized carbons (Fsp3) is 0.417. The van der Waals surface area contributed by atoms with Crippen molar-refractivity contribution in [3.05, 3.63) is 18.2 Å². The number of nitrogens with one attached hydrogen (secondary N) is 1. The fourth-order valence-electron chi connectivity index (χ4n) is 1.65. The average molecular weight is 236 g/mol. The molecule has 2 rings (SSSR count). The van der Waals surface area contributed by atoms with E-state index < -0.39 is 0 Å². The first kappa shape index (κ1) is 11.7. The topological polar surface area (TPSA) is 50.8 Å². The molecule has 1 aliphatic rings. The van der Waals surface area contributed by atoms with Gasteiger partial charge in [-0.2, -0.15) is 0 Å². The Bertz CT molecular complexity index is 420. The van der Waals surface area contributed by atoms with E-state index in [9.17, 15) is 4.79 Å². The van der Waals surface area contributed by atoms with Crippen LogP contribution in [0.4, 0.5) is 5.69 Å². The van der Waals surface area contributed by atoms with Crippen LogP contribution in [0.3, 0.4) is 0 Å². The lowest BCUT2D eigenvalue weighted by molar-refractivity contribution is -0.117. The number of benzene rings is 1. The summed E-state index contributed by atoms with van der Waals surface area (Å²) in [6.07, 6.45) is 0. The van der Waals surface area contributed by atoms with E-state index in [1.807, 2.05) is 18.2 Å². The van der Waals surface area contributed by atoms with Crippen LogP contribution >= 0.6 is 0 Å². The van der Waals surface area contributed by atoms with E-state index in [1.54, 1.807) is 19.0 Å². The Balaban J connectivity index is 2.18. The highest BCUT2D eigenvalue weighted by atomic mass is 16.6. The normalized spacial score (nSPS) is 13.3. The SMILES string of the molecule is CNCC(=O)N(C)c1ccc2c(c1)OCCO2. The van der Waals surface area contributed by atoms with Gasteiger partial charge in [-0.25, -0.2) is 0 Å². The third-order valence-corrected chi connectivity index (χ3v) is 2.62. The Hall–Kier alpha value is -1.75. The Labute approximate surface area is 100 Å². The van der Waals surface area contributed by atoms with E-state index in [0.29, 0.717) is 25.5 Å². The number of amides is 1. The lowest BCUT2D eigenvalue weighted by Gasteiger charge is -2.22. The minimum atomic E-state index is 0.00387. The molecule has 0 unspecified atom stereocenters. The van der Waals surface area contributed by atoms with Gasteiger partial charge in [0.25, 0.3) is 0 Å². The van der Waals surface area contributed by atoms with Gasteiger partial charge in [-0.1, -0.05) is 0 Å². The van der Waals surface area contributed by atoms with Gasteiger partial charge in [-0.3, -0.25) is 4.79 Å². The largest absolute Gasteiger partial charge is 0.486 e. The molecule has 0 radical (unpaired) electrons. The zero-order chi connectivity index (χ0) is 12.3. The second-order valence-corrected chi connectivity index (χ2v) is 3.81. The van der Waals surface area contributed by atoms with Gasteiger partial charge >= 0.3 is 0 Å². The molecule has 0 saturated heterocycles. The van der Waals surface area contributed by atoms with Crippen LogP contribution in [-0.2, 0) is 4.79 Å². The van der Waals surface area contributed by atoms with Gasteiger partial charge in [0.05, 0.1) is 6.54 Å². The summed E-state index contributed by atoms with van der Waals surface area (Å²) in [5, 5.41) is 2.83. The molecule has 5 heteroatoms. The summed E-state index contributed by atoms with van der Waals surface area (Å²) in [5.74, 6) is 1.43. The Morgan fingerprint density at radius 3 is 2.76 bits per heavy atom. The van der Waals surface area contributed by atoms with Crippen LogP contribution in [0.5, 0.6) is 11.5 Å². The van der Waals surface area contributed by atoms with Crippen molar-refractivity contribution in [1.29, 1.82) is 0 Å².